The molecule has 1 aromatic rings. The molecule has 0 fully saturated rings. The number of nitrogens with zero attached hydrogens (tertiary/aromatic N) is 5. The van der Waals surface area contributed by atoms with Gasteiger partial charge < -0.3 is 19.7 Å². The van der Waals surface area contributed by atoms with Gasteiger partial charge in [-0.3, -0.25) is 9.59 Å². The minimum absolute atomic E-state index is 0.0251. The first kappa shape index (κ1) is 22.1. The quantitative estimate of drug-likeness (QED) is 0.645. The Morgan fingerprint density at radius 1 is 1.25 bits per heavy atom. The van der Waals surface area contributed by atoms with Crippen LogP contribution in [0.3, 0.4) is 0 Å². The molecule has 156 valence electrons. The lowest BCUT2D eigenvalue weighted by Crippen LogP contribution is -2.38. The SMILES string of the molecule is C=CCCC(=O)N1CCc2nnc([C@H](CC(C)C)NC(=O)CN(C)C)n2CC1. The van der Waals surface area contributed by atoms with E-state index in [1.807, 2.05) is 23.9 Å². The second kappa shape index (κ2) is 10.4. The maximum Gasteiger partial charge on any atom is 0.234 e. The third-order valence-electron chi connectivity index (χ3n) is 4.78. The highest BCUT2D eigenvalue weighted by atomic mass is 16.2. The fraction of sp³-hybridized carbons (Fsp3) is 0.700. The highest BCUT2D eigenvalue weighted by Gasteiger charge is 2.27. The van der Waals surface area contributed by atoms with Crippen LogP contribution in [0.25, 0.3) is 0 Å². The van der Waals surface area contributed by atoms with Crippen molar-refractivity contribution in [2.75, 3.05) is 33.7 Å². The van der Waals surface area contributed by atoms with Crippen LogP contribution in [-0.4, -0.2) is 70.1 Å². The van der Waals surface area contributed by atoms with Crippen molar-refractivity contribution in [2.24, 2.45) is 5.92 Å². The number of nitrogens with one attached hydrogen (secondary N) is 1. The molecule has 28 heavy (non-hydrogen) atoms. The van der Waals surface area contributed by atoms with Crippen molar-refractivity contribution in [1.29, 1.82) is 0 Å². The summed E-state index contributed by atoms with van der Waals surface area (Å²) < 4.78 is 2.09. The molecular weight excluding hydrogens is 356 g/mol. The van der Waals surface area contributed by atoms with Crippen LogP contribution in [-0.2, 0) is 22.6 Å². The summed E-state index contributed by atoms with van der Waals surface area (Å²) in [5.41, 5.74) is 0. The molecule has 0 unspecified atom stereocenters. The number of hydrogen-bond acceptors (Lipinski definition) is 5. The molecule has 8 nitrogen and oxygen atoms in total. The summed E-state index contributed by atoms with van der Waals surface area (Å²) in [6.45, 7) is 10.2. The first-order valence-electron chi connectivity index (χ1n) is 10.1. The number of fused-ring (bicyclic) bond motifs is 1. The van der Waals surface area contributed by atoms with Crippen LogP contribution in [0.2, 0.25) is 0 Å². The molecule has 8 heteroatoms. The third-order valence-corrected chi connectivity index (χ3v) is 4.78. The second-order valence-electron chi connectivity index (χ2n) is 8.07. The highest BCUT2D eigenvalue weighted by molar-refractivity contribution is 5.78. The number of carbonyl (C=O) groups is 2. The number of hydrogen-bond donors (Lipinski definition) is 1. The predicted octanol–water partition coefficient (Wildman–Crippen LogP) is 1.39. The zero-order valence-electron chi connectivity index (χ0n) is 17.6. The molecule has 0 saturated heterocycles. The summed E-state index contributed by atoms with van der Waals surface area (Å²) in [6.07, 6.45) is 4.43. The predicted molar refractivity (Wildman–Crippen MR) is 109 cm³/mol. The Labute approximate surface area is 168 Å². The van der Waals surface area contributed by atoms with Gasteiger partial charge in [-0.1, -0.05) is 19.9 Å². The first-order valence-corrected chi connectivity index (χ1v) is 10.1. The normalized spacial score (nSPS) is 15.3. The van der Waals surface area contributed by atoms with Gasteiger partial charge in [0.05, 0.1) is 12.6 Å². The Morgan fingerprint density at radius 3 is 2.64 bits per heavy atom. The summed E-state index contributed by atoms with van der Waals surface area (Å²) in [4.78, 5) is 28.5. The summed E-state index contributed by atoms with van der Waals surface area (Å²) in [7, 11) is 3.75. The molecule has 2 rings (SSSR count). The highest BCUT2D eigenvalue weighted by Crippen LogP contribution is 2.22. The molecule has 0 spiro atoms. The Bertz CT molecular complexity index is 682. The molecular formula is C20H34N6O2. The number of allylic oxidation sites excluding steroid dienone is 1. The Kier molecular flexibility index (Phi) is 8.17. The number of carbonyl (C=O) groups excluding carboxylic acids is 2. The molecule has 1 N–H and O–H groups in total. The summed E-state index contributed by atoms with van der Waals surface area (Å²) >= 11 is 0. The van der Waals surface area contributed by atoms with Crippen molar-refractivity contribution >= 4 is 11.8 Å². The van der Waals surface area contributed by atoms with Crippen molar-refractivity contribution in [2.45, 2.75) is 52.1 Å². The summed E-state index contributed by atoms with van der Waals surface area (Å²) in [5.74, 6) is 2.20. The minimum Gasteiger partial charge on any atom is -0.345 e. The largest absolute Gasteiger partial charge is 0.345 e. The maximum absolute atomic E-state index is 12.4. The Balaban J connectivity index is 2.14. The van der Waals surface area contributed by atoms with E-state index >= 15 is 0 Å². The molecule has 2 heterocycles. The zero-order valence-corrected chi connectivity index (χ0v) is 17.6. The van der Waals surface area contributed by atoms with Crippen molar-refractivity contribution in [3.8, 4) is 0 Å². The monoisotopic (exact) mass is 390 g/mol. The smallest absolute Gasteiger partial charge is 0.234 e. The molecule has 0 aliphatic carbocycles. The number of aromatic nitrogens is 3. The molecule has 1 atom stereocenters. The van der Waals surface area contributed by atoms with E-state index in [1.54, 1.807) is 6.08 Å². The van der Waals surface area contributed by atoms with Crippen LogP contribution in [0.5, 0.6) is 0 Å². The van der Waals surface area contributed by atoms with E-state index in [9.17, 15) is 9.59 Å². The fourth-order valence-corrected chi connectivity index (χ4v) is 3.46. The van der Waals surface area contributed by atoms with E-state index in [2.05, 4.69) is 40.5 Å². The van der Waals surface area contributed by atoms with Gasteiger partial charge in [-0.05, 0) is 32.9 Å². The van der Waals surface area contributed by atoms with Gasteiger partial charge in [-0.25, -0.2) is 0 Å². The summed E-state index contributed by atoms with van der Waals surface area (Å²) in [6, 6.07) is -0.184. The van der Waals surface area contributed by atoms with Gasteiger partial charge in [0.15, 0.2) is 5.82 Å². The fourth-order valence-electron chi connectivity index (χ4n) is 3.46. The topological polar surface area (TPSA) is 83.4 Å². The van der Waals surface area contributed by atoms with Gasteiger partial charge in [0.2, 0.25) is 11.8 Å². The van der Waals surface area contributed by atoms with Gasteiger partial charge in [-0.15, -0.1) is 16.8 Å². The number of amides is 2. The van der Waals surface area contributed by atoms with E-state index in [-0.39, 0.29) is 17.9 Å². The molecule has 1 aromatic heterocycles. The minimum atomic E-state index is -0.184. The average molecular weight is 391 g/mol. The van der Waals surface area contributed by atoms with Crippen molar-refractivity contribution in [1.82, 2.24) is 29.9 Å². The zero-order chi connectivity index (χ0) is 20.7. The lowest BCUT2D eigenvalue weighted by Gasteiger charge is -2.23. The lowest BCUT2D eigenvalue weighted by molar-refractivity contribution is -0.131. The van der Waals surface area contributed by atoms with Gasteiger partial charge in [0.1, 0.15) is 5.82 Å². The van der Waals surface area contributed by atoms with Crippen molar-refractivity contribution < 1.29 is 9.59 Å². The van der Waals surface area contributed by atoms with Crippen LogP contribution >= 0.6 is 0 Å². The van der Waals surface area contributed by atoms with Gasteiger partial charge in [0.25, 0.3) is 0 Å². The summed E-state index contributed by atoms with van der Waals surface area (Å²) in [5, 5.41) is 11.9. The molecule has 0 radical (unpaired) electrons. The van der Waals surface area contributed by atoms with Crippen molar-refractivity contribution in [3.05, 3.63) is 24.3 Å². The second-order valence-corrected chi connectivity index (χ2v) is 8.07. The maximum atomic E-state index is 12.4. The van der Waals surface area contributed by atoms with E-state index in [0.717, 1.165) is 18.1 Å². The molecule has 0 saturated carbocycles. The first-order chi connectivity index (χ1) is 13.3. The standard InChI is InChI=1S/C20H34N6O2/c1-6-7-8-19(28)25-10-9-17-22-23-20(26(17)12-11-25)16(13-15(2)3)21-18(27)14-24(4)5/h6,15-16H,1,7-14H2,2-5H3,(H,21,27)/t16-/m0/s1. The van der Waals surface area contributed by atoms with Crippen molar-refractivity contribution in [3.63, 3.8) is 0 Å². The van der Waals surface area contributed by atoms with Gasteiger partial charge in [-0.2, -0.15) is 0 Å². The van der Waals surface area contributed by atoms with Gasteiger partial charge >= 0.3 is 0 Å². The third kappa shape index (κ3) is 6.15. The molecule has 2 amide bonds. The van der Waals surface area contributed by atoms with Crippen LogP contribution in [0.4, 0.5) is 0 Å². The average Bonchev–Trinajstić information content (AvgIpc) is 2.89. The number of likely N-dealkylation sites (N-methyl/N-ethyl adjacent to an activating group) is 1. The Morgan fingerprint density at radius 2 is 2.00 bits per heavy atom. The number of rotatable bonds is 9. The van der Waals surface area contributed by atoms with Crippen LogP contribution in [0, 0.1) is 5.92 Å². The molecule has 1 aliphatic rings. The van der Waals surface area contributed by atoms with Crippen LogP contribution in [0.1, 0.15) is 50.8 Å². The Hall–Kier alpha value is -2.22. The van der Waals surface area contributed by atoms with Gasteiger partial charge in [0, 0.05) is 32.5 Å². The van der Waals surface area contributed by atoms with Crippen LogP contribution < -0.4 is 5.32 Å². The molecule has 0 aromatic carbocycles. The lowest BCUT2D eigenvalue weighted by atomic mass is 10.0. The molecule has 1 aliphatic heterocycles. The molecule has 0 bridgehead atoms. The van der Waals surface area contributed by atoms with E-state index in [4.69, 9.17) is 0 Å². The van der Waals surface area contributed by atoms with E-state index in [0.29, 0.717) is 51.4 Å². The van der Waals surface area contributed by atoms with E-state index < -0.39 is 0 Å². The van der Waals surface area contributed by atoms with E-state index in [1.165, 1.54) is 0 Å². The van der Waals surface area contributed by atoms with Crippen LogP contribution in [0.15, 0.2) is 12.7 Å².